The second kappa shape index (κ2) is 10.5. The highest BCUT2D eigenvalue weighted by Crippen LogP contribution is 2.30. The lowest BCUT2D eigenvalue weighted by molar-refractivity contribution is -0.120. The first-order valence-electron chi connectivity index (χ1n) is 11.0. The average molecular weight is 505 g/mol. The third kappa shape index (κ3) is 4.85. The number of imide groups is 1. The topological polar surface area (TPSA) is 102 Å². The number of para-hydroxylation sites is 1. The van der Waals surface area contributed by atoms with Crippen molar-refractivity contribution in [3.05, 3.63) is 100 Å². The summed E-state index contributed by atoms with van der Waals surface area (Å²) in [5, 5.41) is 2.57. The molecule has 0 radical (unpaired) electrons. The van der Waals surface area contributed by atoms with Crippen molar-refractivity contribution in [3.8, 4) is 5.75 Å². The van der Waals surface area contributed by atoms with E-state index in [1.54, 1.807) is 24.3 Å². The molecule has 0 spiro atoms. The summed E-state index contributed by atoms with van der Waals surface area (Å²) in [5.41, 5.74) is 2.09. The van der Waals surface area contributed by atoms with Crippen LogP contribution >= 0.6 is 11.6 Å². The van der Waals surface area contributed by atoms with E-state index in [-0.39, 0.29) is 22.0 Å². The summed E-state index contributed by atoms with van der Waals surface area (Å²) in [6.45, 7) is 1.97. The van der Waals surface area contributed by atoms with E-state index >= 15 is 0 Å². The Kier molecular flexibility index (Phi) is 7.17. The number of carbonyl (C=O) groups excluding carboxylic acids is 4. The van der Waals surface area contributed by atoms with E-state index in [0.717, 1.165) is 16.9 Å². The summed E-state index contributed by atoms with van der Waals surface area (Å²) < 4.78 is 10.2. The van der Waals surface area contributed by atoms with Gasteiger partial charge in [0.15, 0.2) is 0 Å². The molecule has 2 amide bonds. The van der Waals surface area contributed by atoms with E-state index in [2.05, 4.69) is 10.1 Å². The first kappa shape index (κ1) is 24.7. The summed E-state index contributed by atoms with van der Waals surface area (Å²) in [6, 6.07) is 19.3. The summed E-state index contributed by atoms with van der Waals surface area (Å²) in [7, 11) is 1.26. The quantitative estimate of drug-likeness (QED) is 0.283. The maximum atomic E-state index is 13.0. The van der Waals surface area contributed by atoms with Crippen molar-refractivity contribution in [1.82, 2.24) is 0 Å². The van der Waals surface area contributed by atoms with Crippen LogP contribution in [-0.4, -0.2) is 30.9 Å². The number of anilines is 2. The molecule has 4 rings (SSSR count). The minimum Gasteiger partial charge on any atom is -0.465 e. The van der Waals surface area contributed by atoms with E-state index in [0.29, 0.717) is 17.0 Å². The number of hydrogen-bond acceptors (Lipinski definition) is 7. The summed E-state index contributed by atoms with van der Waals surface area (Å²) in [5.74, 6) is -1.92. The number of carbonyl (C=O) groups is 4. The van der Waals surface area contributed by atoms with Crippen LogP contribution in [0.2, 0.25) is 0 Å². The molecular formula is C27H21ClN2O6. The first-order valence-corrected chi connectivity index (χ1v) is 11.4. The zero-order valence-electron chi connectivity index (χ0n) is 19.4. The van der Waals surface area contributed by atoms with Gasteiger partial charge in [-0.2, -0.15) is 0 Å². The van der Waals surface area contributed by atoms with E-state index in [4.69, 9.17) is 16.3 Å². The fraction of sp³-hybridized carbons (Fsp3) is 0.111. The number of nitrogens with one attached hydrogen (secondary N) is 1. The molecule has 3 aromatic carbocycles. The average Bonchev–Trinajstić information content (AvgIpc) is 3.11. The van der Waals surface area contributed by atoms with Crippen molar-refractivity contribution >= 4 is 46.7 Å². The Morgan fingerprint density at radius 1 is 0.861 bits per heavy atom. The monoisotopic (exact) mass is 504 g/mol. The van der Waals surface area contributed by atoms with Gasteiger partial charge in [0.05, 0.1) is 23.9 Å². The van der Waals surface area contributed by atoms with E-state index in [1.807, 2.05) is 19.1 Å². The van der Waals surface area contributed by atoms with Gasteiger partial charge in [0.2, 0.25) is 0 Å². The molecule has 1 aliphatic rings. The fourth-order valence-corrected chi connectivity index (χ4v) is 3.81. The highest BCUT2D eigenvalue weighted by molar-refractivity contribution is 6.53. The Hall–Kier alpha value is -4.43. The standard InChI is InChI=1S/C27H21ClN2O6/c1-3-16-6-4-5-7-21(16)36-27(34)18-8-12-19(13-9-18)29-23-22(28)24(31)30(25(23)32)20-14-10-17(11-15-20)26(33)35-2/h4-15,29H,3H2,1-2H3. The van der Waals surface area contributed by atoms with Gasteiger partial charge in [-0.3, -0.25) is 9.59 Å². The molecule has 0 bridgehead atoms. The van der Waals surface area contributed by atoms with Gasteiger partial charge in [0.25, 0.3) is 11.8 Å². The van der Waals surface area contributed by atoms with E-state index < -0.39 is 23.8 Å². The van der Waals surface area contributed by atoms with Crippen LogP contribution in [0.1, 0.15) is 33.2 Å². The van der Waals surface area contributed by atoms with Gasteiger partial charge in [0.1, 0.15) is 16.5 Å². The van der Waals surface area contributed by atoms with Gasteiger partial charge in [-0.05, 0) is 66.6 Å². The van der Waals surface area contributed by atoms with Crippen LogP contribution in [0, 0.1) is 0 Å². The number of halogens is 1. The molecule has 0 fully saturated rings. The Labute approximate surface area is 212 Å². The Morgan fingerprint density at radius 3 is 2.11 bits per heavy atom. The number of ether oxygens (including phenoxy) is 2. The largest absolute Gasteiger partial charge is 0.465 e. The van der Waals surface area contributed by atoms with Crippen LogP contribution in [-0.2, 0) is 20.7 Å². The number of nitrogens with zero attached hydrogens (tertiary/aromatic N) is 1. The molecule has 0 saturated carbocycles. The van der Waals surface area contributed by atoms with Crippen molar-refractivity contribution < 1.29 is 28.7 Å². The molecule has 1 heterocycles. The predicted octanol–water partition coefficient (Wildman–Crippen LogP) is 4.69. The molecule has 182 valence electrons. The lowest BCUT2D eigenvalue weighted by atomic mass is 10.1. The maximum absolute atomic E-state index is 13.0. The molecule has 0 atom stereocenters. The fourth-order valence-electron chi connectivity index (χ4n) is 3.60. The van der Waals surface area contributed by atoms with Gasteiger partial charge in [-0.15, -0.1) is 0 Å². The van der Waals surface area contributed by atoms with Crippen molar-refractivity contribution in [2.24, 2.45) is 0 Å². The first-order chi connectivity index (χ1) is 17.3. The zero-order valence-corrected chi connectivity index (χ0v) is 20.2. The van der Waals surface area contributed by atoms with Crippen molar-refractivity contribution in [3.63, 3.8) is 0 Å². The zero-order chi connectivity index (χ0) is 25.8. The highest BCUT2D eigenvalue weighted by atomic mass is 35.5. The van der Waals surface area contributed by atoms with Crippen molar-refractivity contribution in [1.29, 1.82) is 0 Å². The van der Waals surface area contributed by atoms with Gasteiger partial charge < -0.3 is 14.8 Å². The maximum Gasteiger partial charge on any atom is 0.343 e. The Balaban J connectivity index is 1.47. The number of hydrogen-bond donors (Lipinski definition) is 1. The van der Waals surface area contributed by atoms with E-state index in [1.165, 1.54) is 43.5 Å². The molecular weight excluding hydrogens is 484 g/mol. The molecule has 0 unspecified atom stereocenters. The van der Waals surface area contributed by atoms with Gasteiger partial charge in [-0.25, -0.2) is 14.5 Å². The number of aryl methyl sites for hydroxylation is 1. The molecule has 0 aliphatic carbocycles. The lowest BCUT2D eigenvalue weighted by Gasteiger charge is -2.15. The molecule has 0 saturated heterocycles. The Bertz CT molecular complexity index is 1380. The SMILES string of the molecule is CCc1ccccc1OC(=O)c1ccc(NC2=C(Cl)C(=O)N(c3ccc(C(=O)OC)cc3)C2=O)cc1. The van der Waals surface area contributed by atoms with Crippen LogP contribution in [0.4, 0.5) is 11.4 Å². The second-order valence-electron chi connectivity index (χ2n) is 7.73. The molecule has 0 aromatic heterocycles. The smallest absolute Gasteiger partial charge is 0.343 e. The predicted molar refractivity (Wildman–Crippen MR) is 134 cm³/mol. The van der Waals surface area contributed by atoms with Crippen molar-refractivity contribution in [2.75, 3.05) is 17.3 Å². The number of amides is 2. The summed E-state index contributed by atoms with van der Waals surface area (Å²) in [6.07, 6.45) is 0.724. The summed E-state index contributed by atoms with van der Waals surface area (Å²) >= 11 is 6.18. The van der Waals surface area contributed by atoms with Crippen LogP contribution < -0.4 is 15.0 Å². The minimum atomic E-state index is -0.704. The van der Waals surface area contributed by atoms with Crippen LogP contribution in [0.25, 0.3) is 0 Å². The molecule has 36 heavy (non-hydrogen) atoms. The van der Waals surface area contributed by atoms with E-state index in [9.17, 15) is 19.2 Å². The summed E-state index contributed by atoms with van der Waals surface area (Å²) in [4.78, 5) is 50.8. The van der Waals surface area contributed by atoms with Gasteiger partial charge in [-0.1, -0.05) is 36.7 Å². The van der Waals surface area contributed by atoms with Gasteiger partial charge in [0, 0.05) is 5.69 Å². The Morgan fingerprint density at radius 2 is 1.47 bits per heavy atom. The van der Waals surface area contributed by atoms with Crippen LogP contribution in [0.15, 0.2) is 83.5 Å². The normalized spacial score (nSPS) is 13.1. The molecule has 3 aromatic rings. The van der Waals surface area contributed by atoms with Crippen molar-refractivity contribution in [2.45, 2.75) is 13.3 Å². The third-order valence-electron chi connectivity index (χ3n) is 5.52. The second-order valence-corrected chi connectivity index (χ2v) is 8.10. The number of rotatable bonds is 7. The van der Waals surface area contributed by atoms with Gasteiger partial charge >= 0.3 is 11.9 Å². The highest BCUT2D eigenvalue weighted by Gasteiger charge is 2.39. The van der Waals surface area contributed by atoms with Crippen LogP contribution in [0.5, 0.6) is 5.75 Å². The number of methoxy groups -OCH3 is 1. The third-order valence-corrected chi connectivity index (χ3v) is 5.87. The number of benzene rings is 3. The number of esters is 2. The molecule has 1 aliphatic heterocycles. The minimum absolute atomic E-state index is 0.106. The molecule has 1 N–H and O–H groups in total. The molecule has 8 nitrogen and oxygen atoms in total. The van der Waals surface area contributed by atoms with Crippen LogP contribution in [0.3, 0.4) is 0 Å². The lowest BCUT2D eigenvalue weighted by Crippen LogP contribution is -2.32. The molecule has 9 heteroatoms.